The minimum atomic E-state index is 0.0453. The van der Waals surface area contributed by atoms with E-state index < -0.39 is 0 Å². The van der Waals surface area contributed by atoms with Crippen LogP contribution < -0.4 is 5.32 Å². The van der Waals surface area contributed by atoms with Crippen molar-refractivity contribution in [3.8, 4) is 11.8 Å². The van der Waals surface area contributed by atoms with Crippen molar-refractivity contribution in [2.45, 2.75) is 13.3 Å². The average Bonchev–Trinajstić information content (AvgIpc) is 1.98. The molecule has 0 aliphatic heterocycles. The van der Waals surface area contributed by atoms with Crippen molar-refractivity contribution < 1.29 is 4.79 Å². The van der Waals surface area contributed by atoms with Crippen LogP contribution in [0.5, 0.6) is 0 Å². The lowest BCUT2D eigenvalue weighted by atomic mass is 10.4. The fourth-order valence-corrected chi connectivity index (χ4v) is 0.576. The predicted octanol–water partition coefficient (Wildman–Crippen LogP) is 0.911. The summed E-state index contributed by atoms with van der Waals surface area (Å²) in [5.41, 5.74) is 0. The zero-order chi connectivity index (χ0) is 7.82. The van der Waals surface area contributed by atoms with E-state index in [0.29, 0.717) is 18.3 Å². The van der Waals surface area contributed by atoms with Gasteiger partial charge >= 0.3 is 0 Å². The molecule has 0 rings (SSSR count). The quantitative estimate of drug-likeness (QED) is 0.525. The van der Waals surface area contributed by atoms with E-state index in [2.05, 4.69) is 33.1 Å². The first-order valence-corrected chi connectivity index (χ1v) is 4.21. The molecular weight excluding hydrogens is 194 g/mol. The minimum absolute atomic E-state index is 0.0453. The number of carbonyl (C=O) groups is 1. The number of hydrogen-bond donors (Lipinski definition) is 1. The molecular formula is C7H10BrNO. The van der Waals surface area contributed by atoms with Crippen molar-refractivity contribution >= 4 is 21.8 Å². The van der Waals surface area contributed by atoms with Gasteiger partial charge in [0.15, 0.2) is 0 Å². The number of hydrogen-bond acceptors (Lipinski definition) is 1. The fraction of sp³-hybridized carbons (Fsp3) is 0.571. The van der Waals surface area contributed by atoms with E-state index in [9.17, 15) is 4.79 Å². The molecule has 0 aliphatic carbocycles. The number of carbonyl (C=O) groups excluding carboxylic acids is 1. The second-order valence-electron chi connectivity index (χ2n) is 1.62. The van der Waals surface area contributed by atoms with Gasteiger partial charge in [-0.3, -0.25) is 4.79 Å². The first-order chi connectivity index (χ1) is 4.81. The molecule has 10 heavy (non-hydrogen) atoms. The van der Waals surface area contributed by atoms with E-state index in [1.807, 2.05) is 6.92 Å². The van der Waals surface area contributed by atoms with Gasteiger partial charge in [0.1, 0.15) is 0 Å². The molecule has 3 heteroatoms. The number of alkyl halides is 1. The monoisotopic (exact) mass is 203 g/mol. The van der Waals surface area contributed by atoms with Crippen LogP contribution in [0.15, 0.2) is 0 Å². The summed E-state index contributed by atoms with van der Waals surface area (Å²) in [4.78, 5) is 10.6. The smallest absolute Gasteiger partial charge is 0.220 e. The van der Waals surface area contributed by atoms with E-state index in [0.717, 1.165) is 0 Å². The fourth-order valence-electron chi connectivity index (χ4n) is 0.378. The molecule has 0 heterocycles. The van der Waals surface area contributed by atoms with Gasteiger partial charge in [-0.05, 0) is 0 Å². The Morgan fingerprint density at radius 1 is 1.60 bits per heavy atom. The molecule has 1 amide bonds. The first kappa shape index (κ1) is 9.51. The highest BCUT2D eigenvalue weighted by molar-refractivity contribution is 9.09. The van der Waals surface area contributed by atoms with Crippen LogP contribution in [0.4, 0.5) is 0 Å². The Balaban J connectivity index is 3.27. The van der Waals surface area contributed by atoms with Crippen molar-refractivity contribution in [1.82, 2.24) is 5.32 Å². The third-order valence-corrected chi connectivity index (χ3v) is 1.17. The largest absolute Gasteiger partial charge is 0.345 e. The summed E-state index contributed by atoms with van der Waals surface area (Å²) < 4.78 is 0. The number of amides is 1. The standard InChI is InChI=1S/C7H10BrNO/c1-2-7(10)9-6-4-3-5-8/h2,5-6H2,1H3,(H,9,10). The van der Waals surface area contributed by atoms with Crippen molar-refractivity contribution in [3.63, 3.8) is 0 Å². The zero-order valence-electron chi connectivity index (χ0n) is 5.91. The number of nitrogens with one attached hydrogen (secondary N) is 1. The molecule has 0 fully saturated rings. The van der Waals surface area contributed by atoms with Crippen LogP contribution in [0, 0.1) is 11.8 Å². The van der Waals surface area contributed by atoms with Gasteiger partial charge in [-0.25, -0.2) is 0 Å². The van der Waals surface area contributed by atoms with Gasteiger partial charge < -0.3 is 5.32 Å². The van der Waals surface area contributed by atoms with Gasteiger partial charge in [0.25, 0.3) is 0 Å². The van der Waals surface area contributed by atoms with Crippen LogP contribution in [0.2, 0.25) is 0 Å². The third-order valence-electron chi connectivity index (χ3n) is 0.887. The highest BCUT2D eigenvalue weighted by Crippen LogP contribution is 1.74. The molecule has 56 valence electrons. The lowest BCUT2D eigenvalue weighted by Gasteiger charge is -1.94. The molecule has 0 unspecified atom stereocenters. The summed E-state index contributed by atoms with van der Waals surface area (Å²) >= 11 is 3.15. The van der Waals surface area contributed by atoms with E-state index in [4.69, 9.17) is 0 Å². The maximum absolute atomic E-state index is 10.6. The lowest BCUT2D eigenvalue weighted by Crippen LogP contribution is -2.22. The SMILES string of the molecule is CCC(=O)NCC#CCBr. The van der Waals surface area contributed by atoms with Gasteiger partial charge in [0, 0.05) is 6.42 Å². The van der Waals surface area contributed by atoms with Gasteiger partial charge in [-0.2, -0.15) is 0 Å². The summed E-state index contributed by atoms with van der Waals surface area (Å²) in [5.74, 6) is 5.60. The van der Waals surface area contributed by atoms with Crippen LogP contribution in [-0.2, 0) is 4.79 Å². The molecule has 0 saturated carbocycles. The summed E-state index contributed by atoms with van der Waals surface area (Å²) in [6.45, 7) is 2.27. The Morgan fingerprint density at radius 3 is 2.80 bits per heavy atom. The Labute approximate surface area is 69.5 Å². The molecule has 1 N–H and O–H groups in total. The topological polar surface area (TPSA) is 29.1 Å². The van der Waals surface area contributed by atoms with Gasteiger partial charge in [-0.1, -0.05) is 34.7 Å². The molecule has 0 spiro atoms. The van der Waals surface area contributed by atoms with E-state index >= 15 is 0 Å². The summed E-state index contributed by atoms with van der Waals surface area (Å²) in [7, 11) is 0. The van der Waals surface area contributed by atoms with Crippen LogP contribution in [0.1, 0.15) is 13.3 Å². The van der Waals surface area contributed by atoms with Crippen molar-refractivity contribution in [1.29, 1.82) is 0 Å². The summed E-state index contributed by atoms with van der Waals surface area (Å²) in [5, 5.41) is 3.30. The van der Waals surface area contributed by atoms with Crippen LogP contribution in [0.3, 0.4) is 0 Å². The Morgan fingerprint density at radius 2 is 2.30 bits per heavy atom. The number of halogens is 1. The van der Waals surface area contributed by atoms with Gasteiger partial charge in [-0.15, -0.1) is 0 Å². The summed E-state index contributed by atoms with van der Waals surface area (Å²) in [6.07, 6.45) is 0.524. The first-order valence-electron chi connectivity index (χ1n) is 3.09. The second kappa shape index (κ2) is 6.63. The van der Waals surface area contributed by atoms with Gasteiger partial charge in [0.2, 0.25) is 5.91 Å². The van der Waals surface area contributed by atoms with Crippen LogP contribution in [0.25, 0.3) is 0 Å². The number of rotatable bonds is 2. The zero-order valence-corrected chi connectivity index (χ0v) is 7.49. The molecule has 0 radical (unpaired) electrons. The average molecular weight is 204 g/mol. The van der Waals surface area contributed by atoms with E-state index in [1.165, 1.54) is 0 Å². The predicted molar refractivity (Wildman–Crippen MR) is 44.9 cm³/mol. The Bertz CT molecular complexity index is 157. The van der Waals surface area contributed by atoms with Crippen molar-refractivity contribution in [2.24, 2.45) is 0 Å². The highest BCUT2D eigenvalue weighted by atomic mass is 79.9. The lowest BCUT2D eigenvalue weighted by molar-refractivity contribution is -0.120. The summed E-state index contributed by atoms with van der Waals surface area (Å²) in [6, 6.07) is 0. The minimum Gasteiger partial charge on any atom is -0.345 e. The normalized spacial score (nSPS) is 7.80. The molecule has 0 bridgehead atoms. The van der Waals surface area contributed by atoms with Crippen LogP contribution in [-0.4, -0.2) is 17.8 Å². The maximum Gasteiger partial charge on any atom is 0.220 e. The second-order valence-corrected chi connectivity index (χ2v) is 2.18. The van der Waals surface area contributed by atoms with E-state index in [1.54, 1.807) is 0 Å². The molecule has 0 aromatic heterocycles. The third kappa shape index (κ3) is 5.64. The molecule has 2 nitrogen and oxygen atoms in total. The maximum atomic E-state index is 10.6. The highest BCUT2D eigenvalue weighted by Gasteiger charge is 1.90. The molecule has 0 atom stereocenters. The Kier molecular flexibility index (Phi) is 6.30. The van der Waals surface area contributed by atoms with Crippen molar-refractivity contribution in [2.75, 3.05) is 11.9 Å². The van der Waals surface area contributed by atoms with Crippen molar-refractivity contribution in [3.05, 3.63) is 0 Å². The molecule has 0 aromatic carbocycles. The molecule has 0 saturated heterocycles. The van der Waals surface area contributed by atoms with Crippen LogP contribution >= 0.6 is 15.9 Å². The molecule has 0 aromatic rings. The van der Waals surface area contributed by atoms with E-state index in [-0.39, 0.29) is 5.91 Å². The Hall–Kier alpha value is -0.490. The molecule has 0 aliphatic rings. The van der Waals surface area contributed by atoms with Gasteiger partial charge in [0.05, 0.1) is 11.9 Å².